The number of benzene rings is 2. The molecule has 1 unspecified atom stereocenters. The van der Waals surface area contributed by atoms with Crippen LogP contribution in [0.15, 0.2) is 42.5 Å². The first-order valence-electron chi connectivity index (χ1n) is 10.4. The summed E-state index contributed by atoms with van der Waals surface area (Å²) >= 11 is 12.0. The number of hydrogen-bond donors (Lipinski definition) is 2. The summed E-state index contributed by atoms with van der Waals surface area (Å²) in [5.41, 5.74) is 1.29. The molecule has 0 aliphatic carbocycles. The van der Waals surface area contributed by atoms with Gasteiger partial charge in [-0.1, -0.05) is 35.3 Å². The Hall–Kier alpha value is -2.52. The molecule has 0 aromatic heterocycles. The molecule has 0 amide bonds. The molecule has 0 bridgehead atoms. The predicted molar refractivity (Wildman–Crippen MR) is 124 cm³/mol. The molecule has 0 radical (unpaired) electrons. The largest absolute Gasteiger partial charge is 0.490 e. The highest BCUT2D eigenvalue weighted by atomic mass is 35.5. The third kappa shape index (κ3) is 9.88. The van der Waals surface area contributed by atoms with E-state index in [1.807, 2.05) is 30.2 Å². The summed E-state index contributed by atoms with van der Waals surface area (Å²) in [6, 6.07) is 13.5. The number of carboxylic acids is 2. The Morgan fingerprint density at radius 3 is 2.33 bits per heavy atom. The van der Waals surface area contributed by atoms with E-state index in [9.17, 15) is 0 Å². The van der Waals surface area contributed by atoms with Crippen LogP contribution < -0.4 is 9.47 Å². The first-order valence-corrected chi connectivity index (χ1v) is 11.2. The molecule has 1 aliphatic rings. The van der Waals surface area contributed by atoms with E-state index in [2.05, 4.69) is 12.1 Å². The Morgan fingerprint density at radius 2 is 1.70 bits per heavy atom. The van der Waals surface area contributed by atoms with Crippen LogP contribution in [0.4, 0.5) is 0 Å². The van der Waals surface area contributed by atoms with Gasteiger partial charge in [-0.3, -0.25) is 4.84 Å². The lowest BCUT2D eigenvalue weighted by molar-refractivity contribution is -0.187. The van der Waals surface area contributed by atoms with E-state index in [-0.39, 0.29) is 0 Å². The quantitative estimate of drug-likeness (QED) is 0.524. The van der Waals surface area contributed by atoms with Crippen molar-refractivity contribution in [1.29, 1.82) is 0 Å². The molecule has 2 aromatic rings. The van der Waals surface area contributed by atoms with Crippen LogP contribution in [0.5, 0.6) is 11.5 Å². The summed E-state index contributed by atoms with van der Waals surface area (Å²) in [4.78, 5) is 24.1. The lowest BCUT2D eigenvalue weighted by atomic mass is 9.95. The summed E-state index contributed by atoms with van der Waals surface area (Å²) in [6.07, 6.45) is 3.17. The van der Waals surface area contributed by atoms with E-state index in [1.54, 1.807) is 12.1 Å². The summed E-state index contributed by atoms with van der Waals surface area (Å²) in [7, 11) is 0. The van der Waals surface area contributed by atoms with Gasteiger partial charge >= 0.3 is 11.9 Å². The van der Waals surface area contributed by atoms with Crippen molar-refractivity contribution in [3.8, 4) is 11.5 Å². The Labute approximate surface area is 202 Å². The average Bonchev–Trinajstić information content (AvgIpc) is 3.00. The van der Waals surface area contributed by atoms with Gasteiger partial charge in [-0.05, 0) is 61.9 Å². The number of hydroxylamine groups is 2. The number of halogens is 2. The topological polar surface area (TPSA) is 106 Å². The van der Waals surface area contributed by atoms with Crippen molar-refractivity contribution in [1.82, 2.24) is 5.06 Å². The Balaban J connectivity index is 0.000000569. The van der Waals surface area contributed by atoms with Gasteiger partial charge in [0.2, 0.25) is 0 Å². The Kier molecular flexibility index (Phi) is 11.3. The van der Waals surface area contributed by atoms with Gasteiger partial charge in [-0.2, -0.15) is 5.06 Å². The Bertz CT molecular complexity index is 896. The highest BCUT2D eigenvalue weighted by molar-refractivity contribution is 6.31. The number of nitrogens with zero attached hydrogens (tertiary/aromatic N) is 1. The highest BCUT2D eigenvalue weighted by Crippen LogP contribution is 2.31. The molecular weight excluding hydrogens is 473 g/mol. The van der Waals surface area contributed by atoms with Crippen LogP contribution in [0.3, 0.4) is 0 Å². The van der Waals surface area contributed by atoms with Gasteiger partial charge in [0.15, 0.2) is 18.2 Å². The standard InChI is InChI=1S/C21H25Cl2NO3.C2H2O4/c1-2-25-21-13-19(23)9-10-20(21)26-15-24-14-17(4-3-11-27-24)12-16-5-7-18(22)8-6-16;3-1(4)2(5)6/h5-10,13,17H,2-4,11-12,14-15H2,1H3;(H,3,4)(H,5,6). The van der Waals surface area contributed by atoms with Crippen molar-refractivity contribution in [2.45, 2.75) is 26.2 Å². The Morgan fingerprint density at radius 1 is 1.03 bits per heavy atom. The SMILES string of the molecule is CCOc1cc(Cl)ccc1OCN1CC(Cc2ccc(Cl)cc2)CCCO1.O=C(O)C(=O)O. The van der Waals surface area contributed by atoms with E-state index in [1.165, 1.54) is 5.56 Å². The fourth-order valence-electron chi connectivity index (χ4n) is 3.22. The minimum absolute atomic E-state index is 0.346. The molecule has 1 atom stereocenters. The van der Waals surface area contributed by atoms with Crippen molar-refractivity contribution >= 4 is 35.1 Å². The van der Waals surface area contributed by atoms with Crippen molar-refractivity contribution in [2.24, 2.45) is 5.92 Å². The molecule has 8 nitrogen and oxygen atoms in total. The van der Waals surface area contributed by atoms with Crippen LogP contribution in [0, 0.1) is 5.92 Å². The minimum atomic E-state index is -1.82. The summed E-state index contributed by atoms with van der Waals surface area (Å²) < 4.78 is 11.6. The van der Waals surface area contributed by atoms with Crippen LogP contribution in [0.1, 0.15) is 25.3 Å². The zero-order chi connectivity index (χ0) is 24.2. The fourth-order valence-corrected chi connectivity index (χ4v) is 3.51. The van der Waals surface area contributed by atoms with Crippen LogP contribution in [0.25, 0.3) is 0 Å². The zero-order valence-electron chi connectivity index (χ0n) is 18.2. The minimum Gasteiger partial charge on any atom is -0.490 e. The number of rotatable bonds is 7. The van der Waals surface area contributed by atoms with Gasteiger partial charge in [-0.15, -0.1) is 0 Å². The van der Waals surface area contributed by atoms with Crippen LogP contribution in [-0.2, 0) is 20.8 Å². The maximum Gasteiger partial charge on any atom is 0.414 e. The van der Waals surface area contributed by atoms with Gasteiger partial charge in [0, 0.05) is 22.7 Å². The molecule has 2 aromatic carbocycles. The summed E-state index contributed by atoms with van der Waals surface area (Å²) in [5, 5.41) is 18.1. The smallest absolute Gasteiger partial charge is 0.414 e. The molecule has 1 saturated heterocycles. The van der Waals surface area contributed by atoms with Crippen molar-refractivity contribution in [3.63, 3.8) is 0 Å². The third-order valence-electron chi connectivity index (χ3n) is 4.68. The second kappa shape index (κ2) is 13.9. The fraction of sp³-hybridized carbons (Fsp3) is 0.391. The number of ether oxygens (including phenoxy) is 2. The first-order chi connectivity index (χ1) is 15.8. The van der Waals surface area contributed by atoms with Crippen molar-refractivity contribution < 1.29 is 34.1 Å². The van der Waals surface area contributed by atoms with E-state index in [0.717, 1.165) is 30.8 Å². The van der Waals surface area contributed by atoms with Crippen molar-refractivity contribution in [3.05, 3.63) is 58.1 Å². The molecule has 1 heterocycles. The number of hydrogen-bond acceptors (Lipinski definition) is 6. The van der Waals surface area contributed by atoms with Crippen LogP contribution in [0.2, 0.25) is 10.0 Å². The second-order valence-corrected chi connectivity index (χ2v) is 8.12. The molecule has 0 saturated carbocycles. The summed E-state index contributed by atoms with van der Waals surface area (Å²) in [6.45, 7) is 4.36. The zero-order valence-corrected chi connectivity index (χ0v) is 19.7. The molecule has 3 rings (SSSR count). The predicted octanol–water partition coefficient (Wildman–Crippen LogP) is 4.77. The average molecular weight is 500 g/mol. The van der Waals surface area contributed by atoms with E-state index in [0.29, 0.717) is 42.4 Å². The number of carboxylic acid groups (broad SMARTS) is 2. The highest BCUT2D eigenvalue weighted by Gasteiger charge is 2.20. The van der Waals surface area contributed by atoms with Gasteiger partial charge in [0.1, 0.15) is 0 Å². The molecule has 2 N–H and O–H groups in total. The molecule has 1 fully saturated rings. The maximum atomic E-state index is 9.10. The van der Waals surface area contributed by atoms with Gasteiger partial charge < -0.3 is 19.7 Å². The maximum absolute atomic E-state index is 9.10. The first kappa shape index (κ1) is 26.7. The lowest BCUT2D eigenvalue weighted by Crippen LogP contribution is -2.32. The summed E-state index contributed by atoms with van der Waals surface area (Å²) in [5.74, 6) is -1.82. The molecule has 1 aliphatic heterocycles. The van der Waals surface area contributed by atoms with Gasteiger partial charge in [0.05, 0.1) is 13.2 Å². The molecule has 0 spiro atoms. The van der Waals surface area contributed by atoms with Crippen molar-refractivity contribution in [2.75, 3.05) is 26.5 Å². The van der Waals surface area contributed by atoms with E-state index < -0.39 is 11.9 Å². The monoisotopic (exact) mass is 499 g/mol. The molecule has 10 heteroatoms. The van der Waals surface area contributed by atoms with Crippen LogP contribution >= 0.6 is 23.2 Å². The third-order valence-corrected chi connectivity index (χ3v) is 5.17. The number of carbonyl (C=O) groups is 2. The molecule has 33 heavy (non-hydrogen) atoms. The van der Waals surface area contributed by atoms with E-state index in [4.69, 9.17) is 57.3 Å². The molecular formula is C23H27Cl2NO7. The number of aliphatic carboxylic acids is 2. The molecule has 180 valence electrons. The van der Waals surface area contributed by atoms with E-state index >= 15 is 0 Å². The second-order valence-electron chi connectivity index (χ2n) is 7.24. The van der Waals surface area contributed by atoms with Gasteiger partial charge in [-0.25, -0.2) is 9.59 Å². The van der Waals surface area contributed by atoms with Crippen LogP contribution in [-0.4, -0.2) is 53.7 Å². The normalized spacial score (nSPS) is 16.2. The van der Waals surface area contributed by atoms with Gasteiger partial charge in [0.25, 0.3) is 0 Å². The lowest BCUT2D eigenvalue weighted by Gasteiger charge is -2.24.